The van der Waals surface area contributed by atoms with Gasteiger partial charge in [0.25, 0.3) is 0 Å². The summed E-state index contributed by atoms with van der Waals surface area (Å²) in [6, 6.07) is 0. The van der Waals surface area contributed by atoms with E-state index in [1.807, 2.05) is 0 Å². The van der Waals surface area contributed by atoms with Crippen molar-refractivity contribution in [1.29, 1.82) is 0 Å². The summed E-state index contributed by atoms with van der Waals surface area (Å²) in [7, 11) is -3.78. The van der Waals surface area contributed by atoms with Crippen LogP contribution in [-0.2, 0) is 0 Å². The molecule has 1 heterocycles. The summed E-state index contributed by atoms with van der Waals surface area (Å²) in [6.45, 7) is 0. The van der Waals surface area contributed by atoms with Crippen molar-refractivity contribution in [3.8, 4) is 0 Å². The zero-order chi connectivity index (χ0) is 14.2. The Morgan fingerprint density at radius 1 is 0.737 bits per heavy atom. The van der Waals surface area contributed by atoms with Gasteiger partial charge in [-0.1, -0.05) is 0 Å². The summed E-state index contributed by atoms with van der Waals surface area (Å²) in [5.74, 6) is -1.35. The van der Waals surface area contributed by atoms with E-state index in [4.69, 9.17) is 0 Å². The van der Waals surface area contributed by atoms with Crippen molar-refractivity contribution >= 4 is 15.9 Å². The summed E-state index contributed by atoms with van der Waals surface area (Å²) in [4.78, 5) is 29.9. The van der Waals surface area contributed by atoms with Gasteiger partial charge in [-0.3, -0.25) is 0 Å². The molecule has 0 saturated carbocycles. The molecule has 2 atom stereocenters. The van der Waals surface area contributed by atoms with E-state index in [9.17, 15) is 19.8 Å². The first-order valence-corrected chi connectivity index (χ1v) is 11.3. The molecule has 1 rings (SSSR count). The Bertz CT molecular complexity index is 253. The van der Waals surface area contributed by atoms with Gasteiger partial charge in [-0.2, -0.15) is 0 Å². The summed E-state index contributed by atoms with van der Waals surface area (Å²) in [5.41, 5.74) is 0. The van der Waals surface area contributed by atoms with E-state index in [1.165, 1.54) is 25.2 Å². The minimum absolute atomic E-state index is 0.0471. The molecule has 6 heteroatoms. The number of aliphatic hydroxyl groups excluding tert-OH is 1. The first-order chi connectivity index (χ1) is 8.90. The number of rotatable bonds is 0. The van der Waals surface area contributed by atoms with Crippen molar-refractivity contribution < 1.29 is 19.8 Å². The van der Waals surface area contributed by atoms with Crippen molar-refractivity contribution in [3.63, 3.8) is 0 Å². The molecule has 1 fully saturated rings. The van der Waals surface area contributed by atoms with Crippen LogP contribution in [0.2, 0.25) is 0 Å². The van der Waals surface area contributed by atoms with Crippen LogP contribution in [0.25, 0.3) is 0 Å². The van der Waals surface area contributed by atoms with Crippen molar-refractivity contribution in [2.75, 3.05) is 18.5 Å². The second kappa shape index (κ2) is 8.22. The second-order valence-corrected chi connectivity index (χ2v) is 10.8. The molecule has 19 heavy (non-hydrogen) atoms. The van der Waals surface area contributed by atoms with Gasteiger partial charge in [0.05, 0.1) is 0 Å². The van der Waals surface area contributed by atoms with Gasteiger partial charge in [0.1, 0.15) is 0 Å². The molecule has 0 aromatic carbocycles. The van der Waals surface area contributed by atoms with Gasteiger partial charge in [0.2, 0.25) is 0 Å². The molecule has 2 unspecified atom stereocenters. The third kappa shape index (κ3) is 7.32. The summed E-state index contributed by atoms with van der Waals surface area (Å²) >= 11 is 0. The Morgan fingerprint density at radius 2 is 1.26 bits per heavy atom. The molecule has 4 nitrogen and oxygen atoms in total. The van der Waals surface area contributed by atoms with Crippen LogP contribution in [0, 0.1) is 0 Å². The molecule has 1 aliphatic rings. The molecule has 1 saturated heterocycles. The quantitative estimate of drug-likeness (QED) is 0.519. The van der Waals surface area contributed by atoms with Crippen LogP contribution in [0.3, 0.4) is 0 Å². The van der Waals surface area contributed by atoms with E-state index in [2.05, 4.69) is 0 Å². The molecule has 0 amide bonds. The molecular weight excluding hydrogens is 282 g/mol. The van der Waals surface area contributed by atoms with Gasteiger partial charge >= 0.3 is 118 Å². The second-order valence-electron chi connectivity index (χ2n) is 5.79. The average Bonchev–Trinajstić information content (AvgIpc) is 2.33. The summed E-state index contributed by atoms with van der Waals surface area (Å²) in [6.07, 6.45) is 10.7. The molecule has 0 aromatic rings. The molecule has 1 aliphatic heterocycles. The Balaban J connectivity index is 2.47. The van der Waals surface area contributed by atoms with E-state index in [0.717, 1.165) is 40.7 Å². The zero-order valence-electron chi connectivity index (χ0n) is 11.8. The maximum absolute atomic E-state index is 9.97. The fourth-order valence-electron chi connectivity index (χ4n) is 2.49. The van der Waals surface area contributed by atoms with Crippen molar-refractivity contribution in [2.24, 2.45) is 0 Å². The molecule has 0 aromatic heterocycles. The van der Waals surface area contributed by atoms with Gasteiger partial charge in [0.15, 0.2) is 0 Å². The third-order valence-electron chi connectivity index (χ3n) is 3.87. The van der Waals surface area contributed by atoms with Crippen molar-refractivity contribution in [2.45, 2.75) is 63.6 Å². The van der Waals surface area contributed by atoms with Gasteiger partial charge < -0.3 is 0 Å². The van der Waals surface area contributed by atoms with Crippen LogP contribution < -0.4 is 0 Å². The van der Waals surface area contributed by atoms with Gasteiger partial charge in [-0.25, -0.2) is 0 Å². The molecule has 0 spiro atoms. The summed E-state index contributed by atoms with van der Waals surface area (Å²) < 4.78 is 0. The third-order valence-corrected chi connectivity index (χ3v) is 7.94. The van der Waals surface area contributed by atoms with E-state index in [0.29, 0.717) is 12.8 Å². The normalized spacial score (nSPS) is 34.5. The van der Waals surface area contributed by atoms with E-state index >= 15 is 0 Å². The molecule has 0 radical (unpaired) electrons. The van der Waals surface area contributed by atoms with Crippen LogP contribution in [-0.4, -0.2) is 44.1 Å². The first-order valence-electron chi connectivity index (χ1n) is 7.55. The van der Waals surface area contributed by atoms with Gasteiger partial charge in [-0.05, 0) is 0 Å². The Hall–Kier alpha value is 0.700. The fraction of sp³-hybridized carbons (Fsp3) is 1.00. The van der Waals surface area contributed by atoms with Crippen molar-refractivity contribution in [1.82, 2.24) is 0 Å². The Morgan fingerprint density at radius 3 is 1.95 bits per heavy atom. The molecule has 0 aliphatic carbocycles. The van der Waals surface area contributed by atoms with Crippen LogP contribution in [0.1, 0.15) is 57.8 Å². The topological polar surface area (TPSA) is 80.9 Å². The predicted octanol–water partition coefficient (Wildman–Crippen LogP) is 2.78. The fourth-order valence-corrected chi connectivity index (χ4v) is 5.58. The Labute approximate surface area is 118 Å². The zero-order valence-corrected chi connectivity index (χ0v) is 13.7. The number of hydrogen-bond acceptors (Lipinski definition) is 4. The van der Waals surface area contributed by atoms with E-state index < -0.39 is 13.1 Å². The van der Waals surface area contributed by atoms with E-state index in [-0.39, 0.29) is 6.16 Å². The molecular formula is C13H30O4P2. The first kappa shape index (κ1) is 17.8. The van der Waals surface area contributed by atoms with E-state index in [1.54, 1.807) is 0 Å². The minimum atomic E-state index is -4.83. The van der Waals surface area contributed by atoms with Gasteiger partial charge in [0, 0.05) is 0 Å². The average molecular weight is 312 g/mol. The molecule has 116 valence electrons. The SMILES string of the molecule is OC1CCCCCPCCCCCCCP1(O)(O)O. The van der Waals surface area contributed by atoms with Crippen molar-refractivity contribution in [3.05, 3.63) is 0 Å². The monoisotopic (exact) mass is 312 g/mol. The Kier molecular flexibility index (Phi) is 7.68. The predicted molar refractivity (Wildman–Crippen MR) is 84.1 cm³/mol. The van der Waals surface area contributed by atoms with Gasteiger partial charge in [-0.15, -0.1) is 0 Å². The summed E-state index contributed by atoms with van der Waals surface area (Å²) in [5, 5.41) is 9.87. The van der Waals surface area contributed by atoms with Crippen LogP contribution in [0.5, 0.6) is 0 Å². The van der Waals surface area contributed by atoms with Crippen LogP contribution in [0.15, 0.2) is 0 Å². The molecule has 0 bridgehead atoms. The van der Waals surface area contributed by atoms with Crippen LogP contribution >= 0.6 is 15.9 Å². The number of aliphatic hydroxyl groups is 1. The molecule has 4 N–H and O–H groups in total. The number of hydrogen-bond donors (Lipinski definition) is 4. The van der Waals surface area contributed by atoms with Crippen LogP contribution in [0.4, 0.5) is 0 Å². The standard InChI is InChI=1S/C13H30O4P2/c14-13-9-5-4-7-11-18-10-6-2-1-3-8-12-19(13,15,16)17/h13-18H,1-12H2. The maximum atomic E-state index is 9.97.